The highest BCUT2D eigenvalue weighted by Gasteiger charge is 2.45. The summed E-state index contributed by atoms with van der Waals surface area (Å²) in [5.41, 5.74) is -1.19. The van der Waals surface area contributed by atoms with Gasteiger partial charge >= 0.3 is 6.18 Å². The Hall–Kier alpha value is -2.94. The Bertz CT molecular complexity index is 1140. The van der Waals surface area contributed by atoms with E-state index in [1.165, 1.54) is 12.3 Å². The van der Waals surface area contributed by atoms with E-state index in [-0.39, 0.29) is 27.8 Å². The molecule has 10 heteroatoms. The van der Waals surface area contributed by atoms with Gasteiger partial charge < -0.3 is 5.32 Å². The maximum absolute atomic E-state index is 14.1. The lowest BCUT2D eigenvalue weighted by Crippen LogP contribution is -2.26. The highest BCUT2D eigenvalue weighted by atomic mass is 35.5. The van der Waals surface area contributed by atoms with Crippen LogP contribution in [0.15, 0.2) is 53.6 Å². The second kappa shape index (κ2) is 7.39. The van der Waals surface area contributed by atoms with Crippen LogP contribution in [0, 0.1) is 5.82 Å². The number of aromatic nitrogens is 3. The number of nitrogens with zero attached hydrogens (tertiary/aromatic N) is 3. The number of halogens is 5. The largest absolute Gasteiger partial charge is 0.417 e. The van der Waals surface area contributed by atoms with Gasteiger partial charge in [-0.25, -0.2) is 9.37 Å². The van der Waals surface area contributed by atoms with Gasteiger partial charge in [0.05, 0.1) is 17.4 Å². The summed E-state index contributed by atoms with van der Waals surface area (Å²) >= 11 is 6.16. The zero-order chi connectivity index (χ0) is 21.5. The normalized spacial score (nSPS) is 15.1. The number of alkyl halides is 3. The fourth-order valence-electron chi connectivity index (χ4n) is 3.25. The second-order valence-electron chi connectivity index (χ2n) is 7.11. The molecule has 0 amide bonds. The van der Waals surface area contributed by atoms with Crippen molar-refractivity contribution in [3.63, 3.8) is 0 Å². The van der Waals surface area contributed by atoms with Crippen molar-refractivity contribution in [1.82, 2.24) is 14.8 Å². The van der Waals surface area contributed by atoms with Gasteiger partial charge in [0.1, 0.15) is 10.8 Å². The standard InChI is InChI=1S/C20H15ClF4N4O/c21-17-15(27-11-19(7-8-19)13-3-1-2-4-14(13)22)10-28-29(18(17)30)16-6-5-12(9-26-16)20(23,24)25/h1-6,9-10,27H,7-8,11H2. The smallest absolute Gasteiger partial charge is 0.381 e. The van der Waals surface area contributed by atoms with Crippen LogP contribution in [0.3, 0.4) is 0 Å². The molecule has 4 rings (SSSR count). The Morgan fingerprint density at radius 3 is 2.47 bits per heavy atom. The van der Waals surface area contributed by atoms with E-state index in [0.29, 0.717) is 18.3 Å². The van der Waals surface area contributed by atoms with Crippen LogP contribution in [0.25, 0.3) is 5.82 Å². The van der Waals surface area contributed by atoms with Crippen LogP contribution in [0.5, 0.6) is 0 Å². The Kier molecular flexibility index (Phi) is 5.01. The molecule has 1 aromatic carbocycles. The van der Waals surface area contributed by atoms with Gasteiger partial charge in [-0.15, -0.1) is 0 Å². The topological polar surface area (TPSA) is 59.8 Å². The molecule has 0 spiro atoms. The molecule has 2 aromatic heterocycles. The summed E-state index contributed by atoms with van der Waals surface area (Å²) in [5, 5.41) is 6.81. The van der Waals surface area contributed by atoms with E-state index < -0.39 is 17.3 Å². The molecule has 1 N–H and O–H groups in total. The van der Waals surface area contributed by atoms with Gasteiger partial charge in [0.2, 0.25) is 0 Å². The fourth-order valence-corrected chi connectivity index (χ4v) is 3.44. The molecule has 1 aliphatic carbocycles. The molecule has 3 aromatic rings. The SMILES string of the molecule is O=c1c(Cl)c(NCC2(c3ccccc3F)CC2)cnn1-c1ccc(C(F)(F)F)cn1. The Morgan fingerprint density at radius 1 is 1.13 bits per heavy atom. The number of rotatable bonds is 5. The van der Waals surface area contributed by atoms with Crippen LogP contribution in [0.1, 0.15) is 24.0 Å². The van der Waals surface area contributed by atoms with E-state index in [1.807, 2.05) is 0 Å². The van der Waals surface area contributed by atoms with Gasteiger partial charge in [-0.1, -0.05) is 29.8 Å². The van der Waals surface area contributed by atoms with Crippen molar-refractivity contribution in [1.29, 1.82) is 0 Å². The molecule has 156 valence electrons. The van der Waals surface area contributed by atoms with Crippen molar-refractivity contribution >= 4 is 17.3 Å². The van der Waals surface area contributed by atoms with E-state index in [9.17, 15) is 22.4 Å². The van der Waals surface area contributed by atoms with Crippen LogP contribution >= 0.6 is 11.6 Å². The Labute approximate surface area is 173 Å². The maximum atomic E-state index is 14.1. The lowest BCUT2D eigenvalue weighted by Gasteiger charge is -2.18. The van der Waals surface area contributed by atoms with E-state index in [4.69, 9.17) is 11.6 Å². The molecule has 1 fully saturated rings. The Morgan fingerprint density at radius 2 is 1.87 bits per heavy atom. The molecule has 5 nitrogen and oxygen atoms in total. The minimum atomic E-state index is -4.54. The minimum absolute atomic E-state index is 0.0912. The predicted octanol–water partition coefficient (Wildman–Crippen LogP) is 4.58. The zero-order valence-corrected chi connectivity index (χ0v) is 16.1. The first-order chi connectivity index (χ1) is 14.2. The van der Waals surface area contributed by atoms with Gasteiger partial charge in [0, 0.05) is 18.2 Å². The molecule has 0 aliphatic heterocycles. The summed E-state index contributed by atoms with van der Waals surface area (Å²) in [6.45, 7) is 0.358. The minimum Gasteiger partial charge on any atom is -0.381 e. The van der Waals surface area contributed by atoms with Gasteiger partial charge in [-0.05, 0) is 36.6 Å². The molecule has 0 unspecified atom stereocenters. The van der Waals surface area contributed by atoms with E-state index in [2.05, 4.69) is 15.4 Å². The van der Waals surface area contributed by atoms with E-state index >= 15 is 0 Å². The van der Waals surface area contributed by atoms with Gasteiger partial charge in [-0.2, -0.15) is 23.0 Å². The van der Waals surface area contributed by atoms with Gasteiger partial charge in [-0.3, -0.25) is 4.79 Å². The van der Waals surface area contributed by atoms with Crippen LogP contribution in [-0.4, -0.2) is 21.3 Å². The molecule has 0 radical (unpaired) electrons. The quantitative estimate of drug-likeness (QED) is 0.592. The molecule has 0 bridgehead atoms. The first-order valence-corrected chi connectivity index (χ1v) is 9.39. The van der Waals surface area contributed by atoms with Crippen LogP contribution in [0.4, 0.5) is 23.2 Å². The van der Waals surface area contributed by atoms with E-state index in [0.717, 1.165) is 29.7 Å². The van der Waals surface area contributed by atoms with Crippen molar-refractivity contribution in [2.75, 3.05) is 11.9 Å². The average molecular weight is 439 g/mol. The van der Waals surface area contributed by atoms with Gasteiger partial charge in [0.15, 0.2) is 5.82 Å². The first kappa shape index (κ1) is 20.3. The van der Waals surface area contributed by atoms with E-state index in [1.54, 1.807) is 18.2 Å². The number of hydrogen-bond acceptors (Lipinski definition) is 4. The fraction of sp³-hybridized carbons (Fsp3) is 0.250. The second-order valence-corrected chi connectivity index (χ2v) is 7.48. The molecule has 1 aliphatic rings. The number of pyridine rings is 1. The molecule has 0 saturated heterocycles. The lowest BCUT2D eigenvalue weighted by molar-refractivity contribution is -0.137. The molecule has 1 saturated carbocycles. The van der Waals surface area contributed by atoms with Crippen LogP contribution in [0.2, 0.25) is 5.02 Å². The van der Waals surface area contributed by atoms with Crippen molar-refractivity contribution in [2.45, 2.75) is 24.4 Å². The summed E-state index contributed by atoms with van der Waals surface area (Å²) in [4.78, 5) is 16.2. The highest BCUT2D eigenvalue weighted by Crippen LogP contribution is 2.49. The highest BCUT2D eigenvalue weighted by molar-refractivity contribution is 6.32. The van der Waals surface area contributed by atoms with Crippen molar-refractivity contribution in [3.8, 4) is 5.82 Å². The van der Waals surface area contributed by atoms with Crippen LogP contribution in [-0.2, 0) is 11.6 Å². The molecular formula is C20H15ClF4N4O. The van der Waals surface area contributed by atoms with Gasteiger partial charge in [0.25, 0.3) is 5.56 Å². The van der Waals surface area contributed by atoms with Crippen molar-refractivity contribution in [3.05, 3.63) is 81.1 Å². The summed E-state index contributed by atoms with van der Waals surface area (Å²) in [7, 11) is 0. The summed E-state index contributed by atoms with van der Waals surface area (Å²) < 4.78 is 53.0. The zero-order valence-electron chi connectivity index (χ0n) is 15.4. The number of hydrogen-bond donors (Lipinski definition) is 1. The third-order valence-corrected chi connectivity index (χ3v) is 5.49. The maximum Gasteiger partial charge on any atom is 0.417 e. The molecule has 2 heterocycles. The van der Waals surface area contributed by atoms with Crippen molar-refractivity contribution < 1.29 is 17.6 Å². The van der Waals surface area contributed by atoms with Crippen LogP contribution < -0.4 is 10.9 Å². The Balaban J connectivity index is 1.55. The predicted molar refractivity (Wildman–Crippen MR) is 103 cm³/mol. The first-order valence-electron chi connectivity index (χ1n) is 9.02. The summed E-state index contributed by atoms with van der Waals surface area (Å²) in [5.74, 6) is -0.378. The molecule has 0 atom stereocenters. The number of nitrogens with one attached hydrogen (secondary N) is 1. The average Bonchev–Trinajstić information content (AvgIpc) is 3.50. The number of anilines is 1. The third kappa shape index (κ3) is 3.77. The summed E-state index contributed by atoms with van der Waals surface area (Å²) in [6.07, 6.45) is -1.04. The monoisotopic (exact) mass is 438 g/mol. The summed E-state index contributed by atoms with van der Waals surface area (Å²) in [6, 6.07) is 8.38. The lowest BCUT2D eigenvalue weighted by atomic mass is 9.95. The molecular weight excluding hydrogens is 424 g/mol. The third-order valence-electron chi connectivity index (χ3n) is 5.13. The molecule has 30 heavy (non-hydrogen) atoms. The number of benzene rings is 1. The van der Waals surface area contributed by atoms with Crippen molar-refractivity contribution in [2.24, 2.45) is 0 Å².